The van der Waals surface area contributed by atoms with Crippen LogP contribution in [0, 0.1) is 5.92 Å². The van der Waals surface area contributed by atoms with Crippen molar-refractivity contribution in [3.8, 4) is 11.1 Å². The van der Waals surface area contributed by atoms with Crippen LogP contribution in [0.5, 0.6) is 0 Å². The predicted molar refractivity (Wildman–Crippen MR) is 107 cm³/mol. The fourth-order valence-electron chi connectivity index (χ4n) is 3.02. The van der Waals surface area contributed by atoms with E-state index in [2.05, 4.69) is 5.32 Å². The molecule has 154 valence electrons. The van der Waals surface area contributed by atoms with Crippen molar-refractivity contribution in [2.45, 2.75) is 38.3 Å². The molecule has 0 bridgehead atoms. The topological polar surface area (TPSA) is 124 Å². The number of carbonyl (C=O) groups is 3. The Labute approximate surface area is 169 Å². The SMILES string of the molecule is C[C@H](C[C@@H](Cc1ccc(-c2ccccc2)cc1)NC(=O)CC(O)C(=O)O)C(=O)O. The van der Waals surface area contributed by atoms with Gasteiger partial charge in [-0.25, -0.2) is 4.79 Å². The van der Waals surface area contributed by atoms with Crippen molar-refractivity contribution in [1.82, 2.24) is 5.32 Å². The van der Waals surface area contributed by atoms with Crippen LogP contribution in [0.1, 0.15) is 25.3 Å². The number of carbonyl (C=O) groups excluding carboxylic acids is 1. The summed E-state index contributed by atoms with van der Waals surface area (Å²) in [6, 6.07) is 17.1. The Kier molecular flexibility index (Phi) is 7.91. The second-order valence-corrected chi connectivity index (χ2v) is 7.06. The molecule has 0 fully saturated rings. The molecule has 0 spiro atoms. The number of rotatable bonds is 10. The number of carboxylic acid groups (broad SMARTS) is 2. The van der Waals surface area contributed by atoms with Crippen LogP contribution >= 0.6 is 0 Å². The van der Waals surface area contributed by atoms with Gasteiger partial charge in [-0.2, -0.15) is 0 Å². The normalized spacial score (nSPS) is 13.9. The minimum absolute atomic E-state index is 0.185. The number of amides is 1. The van der Waals surface area contributed by atoms with Crippen molar-refractivity contribution >= 4 is 17.8 Å². The Morgan fingerprint density at radius 3 is 2.03 bits per heavy atom. The average molecular weight is 399 g/mol. The van der Waals surface area contributed by atoms with E-state index in [1.54, 1.807) is 6.92 Å². The number of hydrogen-bond donors (Lipinski definition) is 4. The van der Waals surface area contributed by atoms with Gasteiger partial charge in [-0.3, -0.25) is 9.59 Å². The molecule has 7 heteroatoms. The molecule has 29 heavy (non-hydrogen) atoms. The molecule has 1 amide bonds. The van der Waals surface area contributed by atoms with Crippen LogP contribution in [0.2, 0.25) is 0 Å². The third-order valence-electron chi connectivity index (χ3n) is 4.63. The van der Waals surface area contributed by atoms with Crippen LogP contribution in [0.4, 0.5) is 0 Å². The van der Waals surface area contributed by atoms with Crippen molar-refractivity contribution < 1.29 is 29.7 Å². The number of aliphatic hydroxyl groups is 1. The highest BCUT2D eigenvalue weighted by molar-refractivity contribution is 5.83. The van der Waals surface area contributed by atoms with E-state index in [9.17, 15) is 24.6 Å². The molecule has 0 aliphatic carbocycles. The van der Waals surface area contributed by atoms with Crippen LogP contribution in [0.25, 0.3) is 11.1 Å². The summed E-state index contributed by atoms with van der Waals surface area (Å²) in [5.74, 6) is -3.78. The minimum Gasteiger partial charge on any atom is -0.481 e. The smallest absolute Gasteiger partial charge is 0.333 e. The maximum Gasteiger partial charge on any atom is 0.333 e. The van der Waals surface area contributed by atoms with Gasteiger partial charge in [-0.15, -0.1) is 0 Å². The fraction of sp³-hybridized carbons (Fsp3) is 0.318. The van der Waals surface area contributed by atoms with Crippen molar-refractivity contribution in [3.63, 3.8) is 0 Å². The molecule has 0 saturated carbocycles. The molecule has 2 aromatic carbocycles. The highest BCUT2D eigenvalue weighted by atomic mass is 16.4. The first kappa shape index (κ1) is 22.1. The second kappa shape index (κ2) is 10.4. The molecule has 0 saturated heterocycles. The van der Waals surface area contributed by atoms with Gasteiger partial charge in [-0.05, 0) is 29.5 Å². The number of aliphatic carboxylic acids is 2. The molecule has 0 radical (unpaired) electrons. The third kappa shape index (κ3) is 7.04. The number of aliphatic hydroxyl groups excluding tert-OH is 1. The average Bonchev–Trinajstić information content (AvgIpc) is 2.68. The Bertz CT molecular complexity index is 834. The van der Waals surface area contributed by atoms with Gasteiger partial charge < -0.3 is 20.6 Å². The van der Waals surface area contributed by atoms with Crippen LogP contribution in [-0.4, -0.2) is 45.3 Å². The lowest BCUT2D eigenvalue weighted by Gasteiger charge is -2.21. The first-order valence-corrected chi connectivity index (χ1v) is 9.33. The number of benzene rings is 2. The summed E-state index contributed by atoms with van der Waals surface area (Å²) >= 11 is 0. The molecule has 2 rings (SSSR count). The maximum absolute atomic E-state index is 12.1. The quantitative estimate of drug-likeness (QED) is 0.486. The van der Waals surface area contributed by atoms with Crippen LogP contribution in [0.15, 0.2) is 54.6 Å². The fourth-order valence-corrected chi connectivity index (χ4v) is 3.02. The summed E-state index contributed by atoms with van der Waals surface area (Å²) in [7, 11) is 0. The first-order valence-electron chi connectivity index (χ1n) is 9.33. The van der Waals surface area contributed by atoms with E-state index in [1.807, 2.05) is 54.6 Å². The lowest BCUT2D eigenvalue weighted by atomic mass is 9.94. The van der Waals surface area contributed by atoms with Gasteiger partial charge in [0.1, 0.15) is 0 Å². The van der Waals surface area contributed by atoms with E-state index in [0.29, 0.717) is 6.42 Å². The van der Waals surface area contributed by atoms with Gasteiger partial charge in [0.15, 0.2) is 6.10 Å². The van der Waals surface area contributed by atoms with Gasteiger partial charge in [-0.1, -0.05) is 61.5 Å². The lowest BCUT2D eigenvalue weighted by Crippen LogP contribution is -2.40. The van der Waals surface area contributed by atoms with E-state index >= 15 is 0 Å². The molecule has 1 unspecified atom stereocenters. The summed E-state index contributed by atoms with van der Waals surface area (Å²) in [6.07, 6.45) is -1.80. The second-order valence-electron chi connectivity index (χ2n) is 7.06. The summed E-state index contributed by atoms with van der Waals surface area (Å²) in [5, 5.41) is 29.9. The van der Waals surface area contributed by atoms with E-state index < -0.39 is 42.3 Å². The Morgan fingerprint density at radius 1 is 0.897 bits per heavy atom. The molecule has 0 aliphatic rings. The molecule has 0 heterocycles. The molecule has 0 aliphatic heterocycles. The van der Waals surface area contributed by atoms with E-state index in [4.69, 9.17) is 5.11 Å². The van der Waals surface area contributed by atoms with Gasteiger partial charge in [0.25, 0.3) is 0 Å². The summed E-state index contributed by atoms with van der Waals surface area (Å²) in [4.78, 5) is 34.0. The predicted octanol–water partition coefficient (Wildman–Crippen LogP) is 2.33. The number of nitrogens with one attached hydrogen (secondary N) is 1. The van der Waals surface area contributed by atoms with E-state index in [1.165, 1.54) is 0 Å². The first-order chi connectivity index (χ1) is 13.8. The number of hydrogen-bond acceptors (Lipinski definition) is 4. The standard InChI is InChI=1S/C22H25NO6/c1-14(21(26)27)11-18(23-20(25)13-19(24)22(28)29)12-15-7-9-17(10-8-15)16-5-3-2-4-6-16/h2-10,14,18-19,24H,11-13H2,1H3,(H,23,25)(H,26,27)(H,28,29)/t14-,18+,19?/m1/s1. The zero-order chi connectivity index (χ0) is 21.4. The Morgan fingerprint density at radius 2 is 1.48 bits per heavy atom. The molecule has 4 N–H and O–H groups in total. The van der Waals surface area contributed by atoms with Crippen molar-refractivity contribution in [3.05, 3.63) is 60.2 Å². The highest BCUT2D eigenvalue weighted by Crippen LogP contribution is 2.20. The zero-order valence-corrected chi connectivity index (χ0v) is 16.1. The Balaban J connectivity index is 2.08. The monoisotopic (exact) mass is 399 g/mol. The summed E-state index contributed by atoms with van der Waals surface area (Å²) in [6.45, 7) is 1.55. The highest BCUT2D eigenvalue weighted by Gasteiger charge is 2.23. The molecular formula is C22H25NO6. The minimum atomic E-state index is -1.79. The number of carboxylic acids is 2. The molecule has 2 aromatic rings. The third-order valence-corrected chi connectivity index (χ3v) is 4.63. The zero-order valence-electron chi connectivity index (χ0n) is 16.1. The lowest BCUT2D eigenvalue weighted by molar-refractivity contribution is -0.149. The van der Waals surface area contributed by atoms with Gasteiger partial charge >= 0.3 is 11.9 Å². The van der Waals surface area contributed by atoms with Crippen LogP contribution in [-0.2, 0) is 20.8 Å². The molecular weight excluding hydrogens is 374 g/mol. The van der Waals surface area contributed by atoms with Crippen molar-refractivity contribution in [1.29, 1.82) is 0 Å². The van der Waals surface area contributed by atoms with Gasteiger partial charge in [0.2, 0.25) is 5.91 Å². The van der Waals surface area contributed by atoms with Crippen molar-refractivity contribution in [2.24, 2.45) is 5.92 Å². The largest absolute Gasteiger partial charge is 0.481 e. The van der Waals surface area contributed by atoms with E-state index in [-0.39, 0.29) is 6.42 Å². The van der Waals surface area contributed by atoms with Crippen molar-refractivity contribution in [2.75, 3.05) is 0 Å². The van der Waals surface area contributed by atoms with Gasteiger partial charge in [0, 0.05) is 6.04 Å². The molecule has 0 aromatic heterocycles. The van der Waals surface area contributed by atoms with Crippen LogP contribution in [0.3, 0.4) is 0 Å². The maximum atomic E-state index is 12.1. The van der Waals surface area contributed by atoms with E-state index in [0.717, 1.165) is 16.7 Å². The van der Waals surface area contributed by atoms with Crippen LogP contribution < -0.4 is 5.32 Å². The Hall–Kier alpha value is -3.19. The molecule has 7 nitrogen and oxygen atoms in total. The molecule has 3 atom stereocenters. The summed E-state index contributed by atoms with van der Waals surface area (Å²) < 4.78 is 0. The summed E-state index contributed by atoms with van der Waals surface area (Å²) in [5.41, 5.74) is 3.02. The van der Waals surface area contributed by atoms with Gasteiger partial charge in [0.05, 0.1) is 12.3 Å².